The van der Waals surface area contributed by atoms with E-state index in [4.69, 9.17) is 0 Å². The summed E-state index contributed by atoms with van der Waals surface area (Å²) in [5, 5.41) is 3.65. The minimum atomic E-state index is 0.496. The molecule has 2 rings (SSSR count). The summed E-state index contributed by atoms with van der Waals surface area (Å²) in [5.74, 6) is 2.00. The maximum atomic E-state index is 3.65. The van der Waals surface area contributed by atoms with Gasteiger partial charge in [0, 0.05) is 11.3 Å². The Kier molecular flexibility index (Phi) is 5.13. The summed E-state index contributed by atoms with van der Waals surface area (Å²) in [6.07, 6.45) is 3.99. The second-order valence-corrected chi connectivity index (χ2v) is 7.36. The SMILES string of the molecule is CC(CCNCC1(C)CCCS1)c1ccccc1. The maximum absolute atomic E-state index is 3.65. The lowest BCUT2D eigenvalue weighted by molar-refractivity contribution is 0.516. The van der Waals surface area contributed by atoms with E-state index in [0.29, 0.717) is 10.7 Å². The van der Waals surface area contributed by atoms with Crippen molar-refractivity contribution in [2.24, 2.45) is 0 Å². The van der Waals surface area contributed by atoms with Crippen molar-refractivity contribution < 1.29 is 0 Å². The molecule has 0 aliphatic carbocycles. The molecule has 0 amide bonds. The highest BCUT2D eigenvalue weighted by atomic mass is 32.2. The van der Waals surface area contributed by atoms with Crippen LogP contribution in [0.2, 0.25) is 0 Å². The van der Waals surface area contributed by atoms with Crippen LogP contribution in [0.1, 0.15) is 44.6 Å². The smallest absolute Gasteiger partial charge is 0.0256 e. The molecule has 1 saturated heterocycles. The van der Waals surface area contributed by atoms with Crippen molar-refractivity contribution in [3.63, 3.8) is 0 Å². The van der Waals surface area contributed by atoms with Crippen molar-refractivity contribution in [2.75, 3.05) is 18.8 Å². The summed E-state index contributed by atoms with van der Waals surface area (Å²) in [5.41, 5.74) is 1.46. The van der Waals surface area contributed by atoms with Gasteiger partial charge in [-0.15, -0.1) is 0 Å². The van der Waals surface area contributed by atoms with Crippen molar-refractivity contribution in [3.8, 4) is 0 Å². The molecule has 1 fully saturated rings. The van der Waals surface area contributed by atoms with Crippen LogP contribution in [0, 0.1) is 0 Å². The molecular formula is C16H25NS. The number of hydrogen-bond donors (Lipinski definition) is 1. The molecular weight excluding hydrogens is 238 g/mol. The first kappa shape index (κ1) is 14.0. The molecule has 2 heteroatoms. The minimum absolute atomic E-state index is 0.496. The van der Waals surface area contributed by atoms with E-state index in [-0.39, 0.29) is 0 Å². The Morgan fingerprint density at radius 3 is 2.78 bits per heavy atom. The Labute approximate surface area is 116 Å². The fourth-order valence-electron chi connectivity index (χ4n) is 2.60. The monoisotopic (exact) mass is 263 g/mol. The van der Waals surface area contributed by atoms with Gasteiger partial charge in [0.25, 0.3) is 0 Å². The Morgan fingerprint density at radius 2 is 2.11 bits per heavy atom. The third-order valence-electron chi connectivity index (χ3n) is 3.92. The van der Waals surface area contributed by atoms with Gasteiger partial charge in [-0.25, -0.2) is 0 Å². The van der Waals surface area contributed by atoms with Crippen molar-refractivity contribution >= 4 is 11.8 Å². The van der Waals surface area contributed by atoms with Gasteiger partial charge in [-0.05, 0) is 50.0 Å². The van der Waals surface area contributed by atoms with Gasteiger partial charge in [-0.3, -0.25) is 0 Å². The van der Waals surface area contributed by atoms with Crippen LogP contribution in [0.3, 0.4) is 0 Å². The van der Waals surface area contributed by atoms with Crippen LogP contribution in [0.4, 0.5) is 0 Å². The van der Waals surface area contributed by atoms with E-state index in [2.05, 4.69) is 61.3 Å². The molecule has 1 aliphatic heterocycles. The predicted molar refractivity (Wildman–Crippen MR) is 82.4 cm³/mol. The molecule has 0 bridgehead atoms. The number of benzene rings is 1. The van der Waals surface area contributed by atoms with Crippen LogP contribution < -0.4 is 5.32 Å². The van der Waals surface area contributed by atoms with Gasteiger partial charge in [0.05, 0.1) is 0 Å². The molecule has 1 aliphatic rings. The Hall–Kier alpha value is -0.470. The average Bonchev–Trinajstić information content (AvgIpc) is 2.83. The second-order valence-electron chi connectivity index (χ2n) is 5.68. The lowest BCUT2D eigenvalue weighted by Gasteiger charge is -2.23. The first-order valence-electron chi connectivity index (χ1n) is 7.09. The largest absolute Gasteiger partial charge is 0.315 e. The Balaban J connectivity index is 1.66. The number of thioether (sulfide) groups is 1. The maximum Gasteiger partial charge on any atom is 0.0256 e. The lowest BCUT2D eigenvalue weighted by atomic mass is 9.98. The highest BCUT2D eigenvalue weighted by molar-refractivity contribution is 8.00. The first-order valence-corrected chi connectivity index (χ1v) is 8.08. The van der Waals surface area contributed by atoms with Crippen LogP contribution in [-0.2, 0) is 0 Å². The number of nitrogens with one attached hydrogen (secondary N) is 1. The van der Waals surface area contributed by atoms with E-state index in [9.17, 15) is 0 Å². The highest BCUT2D eigenvalue weighted by Crippen LogP contribution is 2.36. The molecule has 1 aromatic carbocycles. The van der Waals surface area contributed by atoms with Gasteiger partial charge in [-0.1, -0.05) is 37.3 Å². The summed E-state index contributed by atoms with van der Waals surface area (Å²) in [4.78, 5) is 0. The molecule has 0 saturated carbocycles. The van der Waals surface area contributed by atoms with Gasteiger partial charge in [-0.2, -0.15) is 11.8 Å². The van der Waals surface area contributed by atoms with E-state index in [1.807, 2.05) is 0 Å². The van der Waals surface area contributed by atoms with E-state index in [1.165, 1.54) is 37.1 Å². The Morgan fingerprint density at radius 1 is 1.33 bits per heavy atom. The van der Waals surface area contributed by atoms with Crippen LogP contribution in [-0.4, -0.2) is 23.6 Å². The van der Waals surface area contributed by atoms with Crippen molar-refractivity contribution in [1.82, 2.24) is 5.32 Å². The topological polar surface area (TPSA) is 12.0 Å². The second kappa shape index (κ2) is 6.63. The van der Waals surface area contributed by atoms with Crippen LogP contribution in [0.25, 0.3) is 0 Å². The third-order valence-corrected chi connectivity index (χ3v) is 5.46. The number of rotatable bonds is 6. The fraction of sp³-hybridized carbons (Fsp3) is 0.625. The molecule has 0 aromatic heterocycles. The van der Waals surface area contributed by atoms with Crippen LogP contribution >= 0.6 is 11.8 Å². The zero-order valence-corrected chi connectivity index (χ0v) is 12.4. The molecule has 1 heterocycles. The average molecular weight is 263 g/mol. The summed E-state index contributed by atoms with van der Waals surface area (Å²) < 4.78 is 0.496. The molecule has 1 nitrogen and oxygen atoms in total. The quantitative estimate of drug-likeness (QED) is 0.777. The third kappa shape index (κ3) is 4.03. The molecule has 0 radical (unpaired) electrons. The van der Waals surface area contributed by atoms with E-state index in [0.717, 1.165) is 6.54 Å². The summed E-state index contributed by atoms with van der Waals surface area (Å²) in [6, 6.07) is 10.8. The van der Waals surface area contributed by atoms with Gasteiger partial charge >= 0.3 is 0 Å². The molecule has 1 N–H and O–H groups in total. The molecule has 2 unspecified atom stereocenters. The summed E-state index contributed by atoms with van der Waals surface area (Å²) >= 11 is 2.14. The van der Waals surface area contributed by atoms with Gasteiger partial charge in [0.1, 0.15) is 0 Å². The predicted octanol–water partition coefficient (Wildman–Crippen LogP) is 4.06. The number of hydrogen-bond acceptors (Lipinski definition) is 2. The van der Waals surface area contributed by atoms with E-state index in [1.54, 1.807) is 0 Å². The van der Waals surface area contributed by atoms with Crippen molar-refractivity contribution in [2.45, 2.75) is 43.8 Å². The molecule has 18 heavy (non-hydrogen) atoms. The van der Waals surface area contributed by atoms with Crippen molar-refractivity contribution in [1.29, 1.82) is 0 Å². The molecule has 0 spiro atoms. The zero-order chi connectivity index (χ0) is 12.8. The zero-order valence-electron chi connectivity index (χ0n) is 11.6. The van der Waals surface area contributed by atoms with E-state index >= 15 is 0 Å². The molecule has 100 valence electrons. The normalized spacial score (nSPS) is 25.2. The van der Waals surface area contributed by atoms with Gasteiger partial charge < -0.3 is 5.32 Å². The first-order chi connectivity index (χ1) is 8.70. The summed E-state index contributed by atoms with van der Waals surface area (Å²) in [6.45, 7) is 7.02. The lowest BCUT2D eigenvalue weighted by Crippen LogP contribution is -2.33. The standard InChI is InChI=1S/C16H25NS/c1-14(15-7-4-3-5-8-15)9-11-17-13-16(2)10-6-12-18-16/h3-5,7-8,14,17H,6,9-13H2,1-2H3. The minimum Gasteiger partial charge on any atom is -0.315 e. The fourth-order valence-corrected chi connectivity index (χ4v) is 3.87. The van der Waals surface area contributed by atoms with Crippen LogP contribution in [0.5, 0.6) is 0 Å². The van der Waals surface area contributed by atoms with Crippen LogP contribution in [0.15, 0.2) is 30.3 Å². The van der Waals surface area contributed by atoms with E-state index < -0.39 is 0 Å². The summed E-state index contributed by atoms with van der Waals surface area (Å²) in [7, 11) is 0. The van der Waals surface area contributed by atoms with Crippen molar-refractivity contribution in [3.05, 3.63) is 35.9 Å². The Bertz CT molecular complexity index is 343. The highest BCUT2D eigenvalue weighted by Gasteiger charge is 2.28. The molecule has 2 atom stereocenters. The molecule has 1 aromatic rings. The van der Waals surface area contributed by atoms with Gasteiger partial charge in [0.2, 0.25) is 0 Å². The van der Waals surface area contributed by atoms with Gasteiger partial charge in [0.15, 0.2) is 0 Å².